The van der Waals surface area contributed by atoms with Gasteiger partial charge < -0.3 is 4.90 Å². The maximum atomic E-state index is 4.92. The Balaban J connectivity index is 2.12. The molecule has 0 N–H and O–H groups in total. The number of nitrogens with zero attached hydrogens (tertiary/aromatic N) is 5. The fourth-order valence-corrected chi connectivity index (χ4v) is 3.26. The van der Waals surface area contributed by atoms with E-state index in [2.05, 4.69) is 42.4 Å². The molecule has 0 unspecified atom stereocenters. The Kier molecular flexibility index (Phi) is 4.32. The van der Waals surface area contributed by atoms with Gasteiger partial charge in [-0.1, -0.05) is 13.8 Å². The van der Waals surface area contributed by atoms with Crippen LogP contribution in [0.2, 0.25) is 0 Å². The van der Waals surface area contributed by atoms with E-state index in [4.69, 9.17) is 9.97 Å². The summed E-state index contributed by atoms with van der Waals surface area (Å²) in [6.45, 7) is 11.7. The van der Waals surface area contributed by atoms with Gasteiger partial charge in [0.25, 0.3) is 0 Å². The van der Waals surface area contributed by atoms with Gasteiger partial charge >= 0.3 is 0 Å². The van der Waals surface area contributed by atoms with E-state index >= 15 is 0 Å². The summed E-state index contributed by atoms with van der Waals surface area (Å²) in [5, 5.41) is 4.67. The maximum Gasteiger partial charge on any atom is 0.158 e. The van der Waals surface area contributed by atoms with Crippen LogP contribution >= 0.6 is 0 Å². The molecule has 5 nitrogen and oxygen atoms in total. The van der Waals surface area contributed by atoms with E-state index in [1.807, 2.05) is 0 Å². The summed E-state index contributed by atoms with van der Waals surface area (Å²) in [6, 6.07) is 0. The van der Waals surface area contributed by atoms with Crippen molar-refractivity contribution in [2.45, 2.75) is 59.9 Å². The first-order valence-corrected chi connectivity index (χ1v) is 8.63. The van der Waals surface area contributed by atoms with Crippen LogP contribution in [0.4, 0.5) is 5.82 Å². The molecular formula is C17H27N5. The lowest BCUT2D eigenvalue weighted by Gasteiger charge is -2.31. The Morgan fingerprint density at radius 3 is 2.50 bits per heavy atom. The quantitative estimate of drug-likeness (QED) is 0.869. The fourth-order valence-electron chi connectivity index (χ4n) is 3.26. The van der Waals surface area contributed by atoms with Crippen molar-refractivity contribution in [1.29, 1.82) is 0 Å². The SMILES string of the molecule is CCCc1nc(N2CCC(C)CC2)c2c(n1)c(C)nn2CC. The van der Waals surface area contributed by atoms with E-state index in [1.165, 1.54) is 12.8 Å². The molecule has 2 aromatic heterocycles. The second-order valence-corrected chi connectivity index (χ2v) is 6.48. The largest absolute Gasteiger partial charge is 0.355 e. The van der Waals surface area contributed by atoms with Crippen LogP contribution < -0.4 is 4.90 Å². The number of fused-ring (bicyclic) bond motifs is 1. The van der Waals surface area contributed by atoms with Crippen LogP contribution in [0, 0.1) is 12.8 Å². The topological polar surface area (TPSA) is 46.8 Å². The second kappa shape index (κ2) is 6.23. The molecule has 1 aliphatic heterocycles. The average Bonchev–Trinajstić information content (AvgIpc) is 2.84. The molecule has 3 heterocycles. The van der Waals surface area contributed by atoms with Crippen molar-refractivity contribution < 1.29 is 0 Å². The van der Waals surface area contributed by atoms with Gasteiger partial charge in [0.05, 0.1) is 5.69 Å². The number of rotatable bonds is 4. The lowest BCUT2D eigenvalue weighted by molar-refractivity contribution is 0.436. The molecule has 3 rings (SSSR count). The molecular weight excluding hydrogens is 274 g/mol. The molecule has 0 spiro atoms. The number of aryl methyl sites for hydroxylation is 3. The average molecular weight is 301 g/mol. The molecule has 0 atom stereocenters. The molecule has 0 aromatic carbocycles. The number of hydrogen-bond donors (Lipinski definition) is 0. The Bertz CT molecular complexity index is 653. The van der Waals surface area contributed by atoms with Gasteiger partial charge in [0.2, 0.25) is 0 Å². The predicted molar refractivity (Wildman–Crippen MR) is 90.3 cm³/mol. The van der Waals surface area contributed by atoms with Crippen molar-refractivity contribution in [3.8, 4) is 0 Å². The molecule has 0 aliphatic carbocycles. The van der Waals surface area contributed by atoms with Crippen molar-refractivity contribution in [2.24, 2.45) is 5.92 Å². The van der Waals surface area contributed by atoms with Crippen molar-refractivity contribution in [3.63, 3.8) is 0 Å². The van der Waals surface area contributed by atoms with Gasteiger partial charge in [-0.3, -0.25) is 4.68 Å². The van der Waals surface area contributed by atoms with E-state index in [0.717, 1.165) is 66.8 Å². The minimum atomic E-state index is 0.821. The standard InChI is InChI=1S/C17H27N5/c1-5-7-14-18-15-13(4)20-22(6-2)16(15)17(19-14)21-10-8-12(3)9-11-21/h12H,5-11H2,1-4H3. The summed E-state index contributed by atoms with van der Waals surface area (Å²) >= 11 is 0. The van der Waals surface area contributed by atoms with Crippen LogP contribution in [0.3, 0.4) is 0 Å². The highest BCUT2D eigenvalue weighted by Crippen LogP contribution is 2.29. The van der Waals surface area contributed by atoms with E-state index in [0.29, 0.717) is 0 Å². The van der Waals surface area contributed by atoms with E-state index in [1.54, 1.807) is 0 Å². The molecule has 2 aromatic rings. The zero-order chi connectivity index (χ0) is 15.7. The summed E-state index contributed by atoms with van der Waals surface area (Å²) in [5.41, 5.74) is 3.17. The highest BCUT2D eigenvalue weighted by molar-refractivity contribution is 5.88. The van der Waals surface area contributed by atoms with Crippen LogP contribution in [0.5, 0.6) is 0 Å². The summed E-state index contributed by atoms with van der Waals surface area (Å²) in [5.74, 6) is 2.88. The minimum absolute atomic E-state index is 0.821. The Morgan fingerprint density at radius 2 is 1.86 bits per heavy atom. The zero-order valence-corrected chi connectivity index (χ0v) is 14.3. The number of hydrogen-bond acceptors (Lipinski definition) is 4. The van der Waals surface area contributed by atoms with Crippen molar-refractivity contribution in [3.05, 3.63) is 11.5 Å². The van der Waals surface area contributed by atoms with Gasteiger partial charge in [-0.05, 0) is 39.0 Å². The van der Waals surface area contributed by atoms with Crippen molar-refractivity contribution >= 4 is 16.9 Å². The molecule has 5 heteroatoms. The highest BCUT2D eigenvalue weighted by Gasteiger charge is 2.23. The first-order valence-electron chi connectivity index (χ1n) is 8.63. The first-order chi connectivity index (χ1) is 10.6. The number of piperidine rings is 1. The van der Waals surface area contributed by atoms with Gasteiger partial charge in [0.15, 0.2) is 5.82 Å². The maximum absolute atomic E-state index is 4.92. The normalized spacial score (nSPS) is 16.6. The lowest BCUT2D eigenvalue weighted by atomic mass is 9.99. The van der Waals surface area contributed by atoms with Gasteiger partial charge in [0, 0.05) is 26.1 Å². The number of anilines is 1. The van der Waals surface area contributed by atoms with Crippen LogP contribution in [-0.2, 0) is 13.0 Å². The third-order valence-electron chi connectivity index (χ3n) is 4.64. The van der Waals surface area contributed by atoms with Crippen LogP contribution in [0.15, 0.2) is 0 Å². The molecule has 120 valence electrons. The highest BCUT2D eigenvalue weighted by atomic mass is 15.3. The molecule has 0 saturated carbocycles. The smallest absolute Gasteiger partial charge is 0.158 e. The van der Waals surface area contributed by atoms with Gasteiger partial charge in [-0.2, -0.15) is 5.10 Å². The summed E-state index contributed by atoms with van der Waals surface area (Å²) in [7, 11) is 0. The Morgan fingerprint density at radius 1 is 1.14 bits per heavy atom. The second-order valence-electron chi connectivity index (χ2n) is 6.48. The molecule has 1 saturated heterocycles. The van der Waals surface area contributed by atoms with E-state index < -0.39 is 0 Å². The summed E-state index contributed by atoms with van der Waals surface area (Å²) in [6.07, 6.45) is 4.49. The molecule has 0 radical (unpaired) electrons. The third-order valence-corrected chi connectivity index (χ3v) is 4.64. The fraction of sp³-hybridized carbons (Fsp3) is 0.706. The van der Waals surface area contributed by atoms with Crippen molar-refractivity contribution in [1.82, 2.24) is 19.7 Å². The van der Waals surface area contributed by atoms with Crippen LogP contribution in [0.25, 0.3) is 11.0 Å². The Labute approximate surface area is 132 Å². The molecule has 0 amide bonds. The Hall–Kier alpha value is -1.65. The van der Waals surface area contributed by atoms with Gasteiger partial charge in [-0.25, -0.2) is 9.97 Å². The molecule has 0 bridgehead atoms. The van der Waals surface area contributed by atoms with Gasteiger partial charge in [-0.15, -0.1) is 0 Å². The predicted octanol–water partition coefficient (Wildman–Crippen LogP) is 3.34. The third kappa shape index (κ3) is 2.69. The summed E-state index contributed by atoms with van der Waals surface area (Å²) < 4.78 is 2.06. The number of aromatic nitrogens is 4. The van der Waals surface area contributed by atoms with Gasteiger partial charge in [0.1, 0.15) is 16.9 Å². The van der Waals surface area contributed by atoms with Crippen LogP contribution in [0.1, 0.15) is 51.6 Å². The van der Waals surface area contributed by atoms with Crippen LogP contribution in [-0.4, -0.2) is 32.8 Å². The molecule has 1 fully saturated rings. The lowest BCUT2D eigenvalue weighted by Crippen LogP contribution is -2.34. The minimum Gasteiger partial charge on any atom is -0.355 e. The summed E-state index contributed by atoms with van der Waals surface area (Å²) in [4.78, 5) is 12.1. The molecule has 1 aliphatic rings. The van der Waals surface area contributed by atoms with E-state index in [9.17, 15) is 0 Å². The first kappa shape index (κ1) is 15.3. The molecule has 22 heavy (non-hydrogen) atoms. The zero-order valence-electron chi connectivity index (χ0n) is 14.3. The van der Waals surface area contributed by atoms with Crippen molar-refractivity contribution in [2.75, 3.05) is 18.0 Å². The monoisotopic (exact) mass is 301 g/mol. The van der Waals surface area contributed by atoms with E-state index in [-0.39, 0.29) is 0 Å².